The van der Waals surface area contributed by atoms with E-state index in [0.29, 0.717) is 0 Å². The van der Waals surface area contributed by atoms with Crippen molar-refractivity contribution < 1.29 is 0 Å². The summed E-state index contributed by atoms with van der Waals surface area (Å²) < 4.78 is 0. The molecule has 0 aliphatic carbocycles. The molecule has 1 aromatic heterocycles. The lowest BCUT2D eigenvalue weighted by molar-refractivity contribution is 0.764. The molecular weight excluding hydrogens is 284 g/mol. The van der Waals surface area contributed by atoms with Gasteiger partial charge < -0.3 is 10.2 Å². The van der Waals surface area contributed by atoms with E-state index in [0.717, 1.165) is 34.6 Å². The fraction of sp³-hybridized carbons (Fsp3) is 0.375. The number of aromatic nitrogens is 2. The summed E-state index contributed by atoms with van der Waals surface area (Å²) in [6.07, 6.45) is 0. The summed E-state index contributed by atoms with van der Waals surface area (Å²) in [5, 5.41) is 3.84. The standard InChI is InChI=1S/C16H21ClN4/c1-11(2)16-19-14(18-3)9-15(20-16)21(4)10-12-6-5-7-13(17)8-12/h5-9,11H,10H2,1-4H3,(H,18,19,20). The minimum Gasteiger partial charge on any atom is -0.373 e. The fourth-order valence-electron chi connectivity index (χ4n) is 2.02. The van der Waals surface area contributed by atoms with Crippen molar-refractivity contribution in [1.29, 1.82) is 0 Å². The van der Waals surface area contributed by atoms with E-state index in [1.165, 1.54) is 0 Å². The summed E-state index contributed by atoms with van der Waals surface area (Å²) in [6.45, 7) is 4.93. The van der Waals surface area contributed by atoms with E-state index in [1.807, 2.05) is 38.4 Å². The van der Waals surface area contributed by atoms with Gasteiger partial charge in [0, 0.05) is 37.6 Å². The molecule has 21 heavy (non-hydrogen) atoms. The van der Waals surface area contributed by atoms with E-state index in [9.17, 15) is 0 Å². The average molecular weight is 305 g/mol. The smallest absolute Gasteiger partial charge is 0.135 e. The molecule has 1 N–H and O–H groups in total. The van der Waals surface area contributed by atoms with E-state index >= 15 is 0 Å². The lowest BCUT2D eigenvalue weighted by atomic mass is 10.2. The van der Waals surface area contributed by atoms with Crippen LogP contribution in [0.2, 0.25) is 5.02 Å². The zero-order chi connectivity index (χ0) is 15.4. The van der Waals surface area contributed by atoms with Gasteiger partial charge in [0.25, 0.3) is 0 Å². The van der Waals surface area contributed by atoms with Crippen molar-refractivity contribution in [2.45, 2.75) is 26.3 Å². The van der Waals surface area contributed by atoms with Crippen molar-refractivity contribution in [3.8, 4) is 0 Å². The Morgan fingerprint density at radius 3 is 2.62 bits per heavy atom. The number of anilines is 2. The monoisotopic (exact) mass is 304 g/mol. The van der Waals surface area contributed by atoms with Crippen LogP contribution >= 0.6 is 11.6 Å². The Morgan fingerprint density at radius 2 is 2.00 bits per heavy atom. The lowest BCUT2D eigenvalue weighted by Crippen LogP contribution is -2.19. The van der Waals surface area contributed by atoms with E-state index in [-0.39, 0.29) is 5.92 Å². The van der Waals surface area contributed by atoms with Crippen LogP contribution in [0.3, 0.4) is 0 Å². The highest BCUT2D eigenvalue weighted by molar-refractivity contribution is 6.30. The molecule has 0 unspecified atom stereocenters. The first-order valence-corrected chi connectivity index (χ1v) is 7.39. The van der Waals surface area contributed by atoms with Gasteiger partial charge in [0.1, 0.15) is 17.5 Å². The normalized spacial score (nSPS) is 10.8. The van der Waals surface area contributed by atoms with Gasteiger partial charge in [-0.25, -0.2) is 9.97 Å². The molecule has 0 bridgehead atoms. The van der Waals surface area contributed by atoms with Crippen molar-refractivity contribution >= 4 is 23.2 Å². The molecule has 1 aromatic carbocycles. The third kappa shape index (κ3) is 4.08. The Hall–Kier alpha value is -1.81. The molecule has 0 spiro atoms. The number of nitrogens with zero attached hydrogens (tertiary/aromatic N) is 3. The summed E-state index contributed by atoms with van der Waals surface area (Å²) in [7, 11) is 3.89. The topological polar surface area (TPSA) is 41.0 Å². The van der Waals surface area contributed by atoms with Crippen molar-refractivity contribution in [3.05, 3.63) is 46.7 Å². The Labute approximate surface area is 131 Å². The molecule has 0 saturated heterocycles. The molecule has 0 amide bonds. The second-order valence-electron chi connectivity index (χ2n) is 5.36. The predicted molar refractivity (Wildman–Crippen MR) is 89.2 cm³/mol. The second-order valence-corrected chi connectivity index (χ2v) is 5.80. The van der Waals surface area contributed by atoms with Crippen LogP contribution in [0, 0.1) is 0 Å². The second kappa shape index (κ2) is 6.76. The van der Waals surface area contributed by atoms with Crippen LogP contribution in [-0.4, -0.2) is 24.1 Å². The summed E-state index contributed by atoms with van der Waals surface area (Å²) >= 11 is 6.03. The molecule has 0 radical (unpaired) electrons. The van der Waals surface area contributed by atoms with Crippen molar-refractivity contribution in [1.82, 2.24) is 9.97 Å². The van der Waals surface area contributed by atoms with Gasteiger partial charge in [-0.2, -0.15) is 0 Å². The summed E-state index contributed by atoms with van der Waals surface area (Å²) in [5.41, 5.74) is 1.15. The highest BCUT2D eigenvalue weighted by Crippen LogP contribution is 2.21. The number of hydrogen-bond acceptors (Lipinski definition) is 4. The molecule has 0 saturated carbocycles. The van der Waals surface area contributed by atoms with Gasteiger partial charge in [-0.3, -0.25) is 0 Å². The number of hydrogen-bond donors (Lipinski definition) is 1. The van der Waals surface area contributed by atoms with Gasteiger partial charge in [-0.15, -0.1) is 0 Å². The van der Waals surface area contributed by atoms with Crippen molar-refractivity contribution in [2.75, 3.05) is 24.3 Å². The molecular formula is C16H21ClN4. The van der Waals surface area contributed by atoms with Crippen LogP contribution < -0.4 is 10.2 Å². The first-order chi connectivity index (χ1) is 9.99. The maximum absolute atomic E-state index is 6.03. The molecule has 112 valence electrons. The highest BCUT2D eigenvalue weighted by atomic mass is 35.5. The SMILES string of the molecule is CNc1cc(N(C)Cc2cccc(Cl)c2)nc(C(C)C)n1. The molecule has 1 heterocycles. The third-order valence-electron chi connectivity index (χ3n) is 3.20. The quantitative estimate of drug-likeness (QED) is 0.908. The summed E-state index contributed by atoms with van der Waals surface area (Å²) in [4.78, 5) is 11.2. The van der Waals surface area contributed by atoms with Gasteiger partial charge in [-0.1, -0.05) is 37.6 Å². The minimum atomic E-state index is 0.289. The van der Waals surface area contributed by atoms with Crippen LogP contribution in [0.25, 0.3) is 0 Å². The molecule has 0 aliphatic rings. The highest BCUT2D eigenvalue weighted by Gasteiger charge is 2.11. The largest absolute Gasteiger partial charge is 0.373 e. The van der Waals surface area contributed by atoms with Gasteiger partial charge >= 0.3 is 0 Å². The maximum Gasteiger partial charge on any atom is 0.135 e. The number of nitrogens with one attached hydrogen (secondary N) is 1. The Kier molecular flexibility index (Phi) is 5.02. The minimum absolute atomic E-state index is 0.289. The van der Waals surface area contributed by atoms with Crippen LogP contribution in [0.5, 0.6) is 0 Å². The molecule has 2 aromatic rings. The van der Waals surface area contributed by atoms with E-state index in [4.69, 9.17) is 11.6 Å². The molecule has 0 atom stereocenters. The van der Waals surface area contributed by atoms with Crippen LogP contribution in [-0.2, 0) is 6.54 Å². The van der Waals surface area contributed by atoms with Crippen LogP contribution in [0.4, 0.5) is 11.6 Å². The zero-order valence-electron chi connectivity index (χ0n) is 12.9. The first kappa shape index (κ1) is 15.6. The Balaban J connectivity index is 2.25. The predicted octanol–water partition coefficient (Wildman–Crippen LogP) is 3.93. The Bertz CT molecular complexity index is 613. The average Bonchev–Trinajstić information content (AvgIpc) is 2.46. The van der Waals surface area contributed by atoms with Gasteiger partial charge in [0.2, 0.25) is 0 Å². The zero-order valence-corrected chi connectivity index (χ0v) is 13.6. The summed E-state index contributed by atoms with van der Waals surface area (Å²) in [5.74, 6) is 2.87. The number of halogens is 1. The maximum atomic E-state index is 6.03. The summed E-state index contributed by atoms with van der Waals surface area (Å²) in [6, 6.07) is 9.83. The van der Waals surface area contributed by atoms with Gasteiger partial charge in [0.15, 0.2) is 0 Å². The van der Waals surface area contributed by atoms with Gasteiger partial charge in [-0.05, 0) is 17.7 Å². The van der Waals surface area contributed by atoms with Crippen LogP contribution in [0.1, 0.15) is 31.2 Å². The molecule has 2 rings (SSSR count). The molecule has 4 nitrogen and oxygen atoms in total. The molecule has 0 aliphatic heterocycles. The van der Waals surface area contributed by atoms with Crippen molar-refractivity contribution in [2.24, 2.45) is 0 Å². The lowest BCUT2D eigenvalue weighted by Gasteiger charge is -2.20. The van der Waals surface area contributed by atoms with E-state index in [1.54, 1.807) is 0 Å². The van der Waals surface area contributed by atoms with E-state index < -0.39 is 0 Å². The molecule has 0 fully saturated rings. The Morgan fingerprint density at radius 1 is 1.24 bits per heavy atom. The van der Waals surface area contributed by atoms with Gasteiger partial charge in [0.05, 0.1) is 0 Å². The van der Waals surface area contributed by atoms with Crippen LogP contribution in [0.15, 0.2) is 30.3 Å². The molecule has 5 heteroatoms. The van der Waals surface area contributed by atoms with E-state index in [2.05, 4.69) is 40.1 Å². The third-order valence-corrected chi connectivity index (χ3v) is 3.44. The number of rotatable bonds is 5. The van der Waals surface area contributed by atoms with Crippen molar-refractivity contribution in [3.63, 3.8) is 0 Å². The first-order valence-electron chi connectivity index (χ1n) is 7.02. The fourth-order valence-corrected chi connectivity index (χ4v) is 2.24. The number of benzene rings is 1.